The van der Waals surface area contributed by atoms with Crippen molar-refractivity contribution in [2.24, 2.45) is 0 Å². The summed E-state index contributed by atoms with van der Waals surface area (Å²) >= 11 is 1.46. The molecule has 1 N–H and O–H groups in total. The minimum atomic E-state index is -0.969. The quantitative estimate of drug-likeness (QED) is 0.848. The monoisotopic (exact) mass is 309 g/mol. The zero-order chi connectivity index (χ0) is 15.5. The summed E-state index contributed by atoms with van der Waals surface area (Å²) in [4.78, 5) is 25.4. The molecular weight excluding hydrogens is 290 g/mol. The molecule has 2 rings (SSSR count). The lowest BCUT2D eigenvalue weighted by atomic mass is 10.0. The predicted octanol–water partition coefficient (Wildman–Crippen LogP) is 2.37. The van der Waals surface area contributed by atoms with E-state index in [1.807, 2.05) is 18.4 Å². The van der Waals surface area contributed by atoms with E-state index in [4.69, 9.17) is 9.84 Å². The third-order valence-electron chi connectivity index (χ3n) is 3.50. The predicted molar refractivity (Wildman–Crippen MR) is 81.1 cm³/mol. The number of aliphatic carboxylic acids is 1. The van der Waals surface area contributed by atoms with Gasteiger partial charge in [-0.05, 0) is 42.9 Å². The molecule has 6 heteroatoms. The van der Waals surface area contributed by atoms with Crippen LogP contribution in [0.4, 0.5) is 0 Å². The Hall–Kier alpha value is -1.66. The number of ether oxygens (including phenoxy) is 1. The molecule has 0 bridgehead atoms. The van der Waals surface area contributed by atoms with Crippen LogP contribution in [0, 0.1) is 0 Å². The van der Waals surface area contributed by atoms with Gasteiger partial charge in [0.1, 0.15) is 5.60 Å². The molecule has 2 heterocycles. The highest BCUT2D eigenvalue weighted by Gasteiger charge is 2.39. The number of likely N-dealkylation sites (N-methyl/N-ethyl adjacent to an activating group) is 1. The lowest BCUT2D eigenvalue weighted by Crippen LogP contribution is -2.44. The number of amides is 1. The molecule has 0 saturated carbocycles. The Morgan fingerprint density at radius 1 is 1.57 bits per heavy atom. The van der Waals surface area contributed by atoms with Crippen molar-refractivity contribution >= 4 is 29.3 Å². The molecule has 1 aromatic rings. The summed E-state index contributed by atoms with van der Waals surface area (Å²) < 4.78 is 5.57. The minimum absolute atomic E-state index is 0.00571. The topological polar surface area (TPSA) is 66.8 Å². The van der Waals surface area contributed by atoms with Crippen molar-refractivity contribution < 1.29 is 19.4 Å². The summed E-state index contributed by atoms with van der Waals surface area (Å²) in [5, 5.41) is 10.5. The van der Waals surface area contributed by atoms with E-state index in [0.717, 1.165) is 29.4 Å². The number of carbonyl (C=O) groups excluding carboxylic acids is 1. The smallest absolute Gasteiger partial charge is 0.328 e. The Morgan fingerprint density at radius 2 is 2.33 bits per heavy atom. The number of rotatable bonds is 5. The maximum atomic E-state index is 12.4. The summed E-state index contributed by atoms with van der Waals surface area (Å²) in [6.07, 6.45) is 4.34. The minimum Gasteiger partial charge on any atom is -0.478 e. The van der Waals surface area contributed by atoms with Gasteiger partial charge in [-0.25, -0.2) is 4.79 Å². The lowest BCUT2D eigenvalue weighted by molar-refractivity contribution is -0.150. The van der Waals surface area contributed by atoms with Crippen molar-refractivity contribution in [3.8, 4) is 0 Å². The van der Waals surface area contributed by atoms with E-state index in [-0.39, 0.29) is 5.91 Å². The van der Waals surface area contributed by atoms with E-state index >= 15 is 0 Å². The molecule has 5 nitrogen and oxygen atoms in total. The van der Waals surface area contributed by atoms with E-state index in [9.17, 15) is 9.59 Å². The fourth-order valence-corrected chi connectivity index (χ4v) is 3.21. The van der Waals surface area contributed by atoms with Gasteiger partial charge in [-0.15, -0.1) is 11.3 Å². The Balaban J connectivity index is 1.98. The molecule has 1 aliphatic heterocycles. The average Bonchev–Trinajstić information content (AvgIpc) is 3.05. The standard InChI is InChI=1S/C15H19NO4S/c1-15(6-3-7-20-15)14(19)16(2)9-11-8-12(21-10-11)4-5-13(17)18/h4-5,8,10H,3,6-7,9H2,1-2H3,(H,17,18)/b5-4+. The second-order valence-electron chi connectivity index (χ2n) is 5.37. The van der Waals surface area contributed by atoms with Crippen molar-refractivity contribution in [1.82, 2.24) is 4.90 Å². The van der Waals surface area contributed by atoms with Crippen LogP contribution >= 0.6 is 11.3 Å². The van der Waals surface area contributed by atoms with Crippen LogP contribution in [-0.2, 0) is 20.9 Å². The van der Waals surface area contributed by atoms with Gasteiger partial charge in [-0.3, -0.25) is 4.79 Å². The first-order chi connectivity index (χ1) is 9.90. The van der Waals surface area contributed by atoms with Crippen LogP contribution in [0.1, 0.15) is 30.2 Å². The van der Waals surface area contributed by atoms with Crippen LogP contribution in [0.5, 0.6) is 0 Å². The first-order valence-electron chi connectivity index (χ1n) is 6.79. The lowest BCUT2D eigenvalue weighted by Gasteiger charge is -2.28. The van der Waals surface area contributed by atoms with Crippen LogP contribution in [0.2, 0.25) is 0 Å². The maximum Gasteiger partial charge on any atom is 0.328 e. The molecule has 1 atom stereocenters. The number of thiophene rings is 1. The third kappa shape index (κ3) is 3.92. The molecule has 1 aliphatic rings. The van der Waals surface area contributed by atoms with Crippen molar-refractivity contribution in [3.63, 3.8) is 0 Å². The third-order valence-corrected chi connectivity index (χ3v) is 4.45. The van der Waals surface area contributed by atoms with Gasteiger partial charge in [0.05, 0.1) is 0 Å². The van der Waals surface area contributed by atoms with Crippen LogP contribution in [0.25, 0.3) is 6.08 Å². The van der Waals surface area contributed by atoms with Gasteiger partial charge >= 0.3 is 5.97 Å². The Morgan fingerprint density at radius 3 is 2.95 bits per heavy atom. The van der Waals surface area contributed by atoms with E-state index < -0.39 is 11.6 Å². The first kappa shape index (κ1) is 15.7. The van der Waals surface area contributed by atoms with Gasteiger partial charge in [0.2, 0.25) is 0 Å². The summed E-state index contributed by atoms with van der Waals surface area (Å²) in [5.41, 5.74) is 0.291. The van der Waals surface area contributed by atoms with Crippen LogP contribution < -0.4 is 0 Å². The largest absolute Gasteiger partial charge is 0.478 e. The molecule has 1 aromatic heterocycles. The molecule has 0 aliphatic carbocycles. The number of carboxylic acid groups (broad SMARTS) is 1. The van der Waals surface area contributed by atoms with E-state index in [1.165, 1.54) is 11.3 Å². The SMILES string of the molecule is CN(Cc1csc(/C=C/C(=O)O)c1)C(=O)C1(C)CCCO1. The Labute approximate surface area is 127 Å². The van der Waals surface area contributed by atoms with Crippen LogP contribution in [-0.4, -0.2) is 41.1 Å². The van der Waals surface area contributed by atoms with Crippen molar-refractivity contribution in [1.29, 1.82) is 0 Å². The van der Waals surface area contributed by atoms with Crippen LogP contribution in [0.3, 0.4) is 0 Å². The zero-order valence-corrected chi connectivity index (χ0v) is 13.0. The molecule has 21 heavy (non-hydrogen) atoms. The molecule has 114 valence electrons. The Bertz CT molecular complexity index is 558. The van der Waals surface area contributed by atoms with Gasteiger partial charge < -0.3 is 14.7 Å². The van der Waals surface area contributed by atoms with Gasteiger partial charge in [0, 0.05) is 31.2 Å². The number of carbonyl (C=O) groups is 2. The average molecular weight is 309 g/mol. The highest BCUT2D eigenvalue weighted by Crippen LogP contribution is 2.27. The fourth-order valence-electron chi connectivity index (χ4n) is 2.42. The van der Waals surface area contributed by atoms with Gasteiger partial charge in [0.15, 0.2) is 0 Å². The highest BCUT2D eigenvalue weighted by molar-refractivity contribution is 7.11. The van der Waals surface area contributed by atoms with Crippen molar-refractivity contribution in [2.75, 3.05) is 13.7 Å². The van der Waals surface area contributed by atoms with Gasteiger partial charge in [-0.2, -0.15) is 0 Å². The summed E-state index contributed by atoms with van der Waals surface area (Å²) in [6.45, 7) is 2.97. The van der Waals surface area contributed by atoms with E-state index in [1.54, 1.807) is 18.0 Å². The first-order valence-corrected chi connectivity index (χ1v) is 7.66. The fraction of sp³-hybridized carbons (Fsp3) is 0.467. The maximum absolute atomic E-state index is 12.4. The molecule has 1 fully saturated rings. The van der Waals surface area contributed by atoms with Crippen molar-refractivity contribution in [2.45, 2.75) is 31.9 Å². The van der Waals surface area contributed by atoms with Gasteiger partial charge in [-0.1, -0.05) is 0 Å². The number of nitrogens with zero attached hydrogens (tertiary/aromatic N) is 1. The molecular formula is C15H19NO4S. The molecule has 0 spiro atoms. The van der Waals surface area contributed by atoms with Gasteiger partial charge in [0.25, 0.3) is 5.91 Å². The highest BCUT2D eigenvalue weighted by atomic mass is 32.1. The summed E-state index contributed by atoms with van der Waals surface area (Å²) in [5.74, 6) is -0.975. The number of carboxylic acids is 1. The summed E-state index contributed by atoms with van der Waals surface area (Å²) in [6, 6.07) is 1.89. The Kier molecular flexibility index (Phi) is 4.80. The normalized spacial score (nSPS) is 21.8. The molecule has 1 unspecified atom stereocenters. The van der Waals surface area contributed by atoms with Crippen LogP contribution in [0.15, 0.2) is 17.5 Å². The second-order valence-corrected chi connectivity index (χ2v) is 6.32. The summed E-state index contributed by atoms with van der Waals surface area (Å²) in [7, 11) is 1.76. The zero-order valence-electron chi connectivity index (χ0n) is 12.2. The molecule has 1 amide bonds. The second kappa shape index (κ2) is 6.41. The van der Waals surface area contributed by atoms with Crippen molar-refractivity contribution in [3.05, 3.63) is 28.0 Å². The molecule has 0 radical (unpaired) electrons. The number of hydrogen-bond acceptors (Lipinski definition) is 4. The molecule has 1 saturated heterocycles. The van der Waals surface area contributed by atoms with E-state index in [2.05, 4.69) is 0 Å². The number of hydrogen-bond donors (Lipinski definition) is 1. The molecule has 0 aromatic carbocycles. The van der Waals surface area contributed by atoms with E-state index in [0.29, 0.717) is 13.2 Å².